The van der Waals surface area contributed by atoms with E-state index in [9.17, 15) is 8.42 Å². The summed E-state index contributed by atoms with van der Waals surface area (Å²) in [6.07, 6.45) is 0.631. The molecule has 0 spiro atoms. The molecule has 7 nitrogen and oxygen atoms in total. The lowest BCUT2D eigenvalue weighted by Gasteiger charge is -2.06. The molecule has 0 aliphatic rings. The van der Waals surface area contributed by atoms with E-state index >= 15 is 0 Å². The van der Waals surface area contributed by atoms with Crippen LogP contribution in [0.15, 0.2) is 44.4 Å². The Morgan fingerprint density at radius 1 is 1.28 bits per heavy atom. The second-order valence-electron chi connectivity index (χ2n) is 5.19. The Bertz CT molecular complexity index is 946. The third-order valence-electron chi connectivity index (χ3n) is 3.49. The van der Waals surface area contributed by atoms with Crippen molar-refractivity contribution in [3.05, 3.63) is 47.2 Å². The van der Waals surface area contributed by atoms with E-state index < -0.39 is 10.0 Å². The first-order valence-corrected chi connectivity index (χ1v) is 9.92. The molecule has 0 radical (unpaired) electrons. The summed E-state index contributed by atoms with van der Waals surface area (Å²) in [7, 11) is -2.03. The van der Waals surface area contributed by atoms with E-state index in [1.807, 2.05) is 19.1 Å². The molecule has 0 saturated heterocycles. The lowest BCUT2D eigenvalue weighted by Crippen LogP contribution is -2.22. The summed E-state index contributed by atoms with van der Waals surface area (Å²) in [6, 6.07) is 8.74. The number of benzene rings is 1. The molecule has 3 aromatic rings. The molecule has 25 heavy (non-hydrogen) atoms. The fourth-order valence-corrected chi connectivity index (χ4v) is 4.30. The molecule has 2 heterocycles. The van der Waals surface area contributed by atoms with E-state index in [-0.39, 0.29) is 10.8 Å². The lowest BCUT2D eigenvalue weighted by atomic mass is 10.2. The van der Waals surface area contributed by atoms with Gasteiger partial charge in [0, 0.05) is 23.9 Å². The summed E-state index contributed by atoms with van der Waals surface area (Å²) in [5, 5.41) is 5.56. The fraction of sp³-hybridized carbons (Fsp3) is 0.250. The Balaban J connectivity index is 1.71. The molecule has 1 N–H and O–H groups in total. The molecule has 1 aromatic carbocycles. The van der Waals surface area contributed by atoms with Crippen molar-refractivity contribution in [3.63, 3.8) is 0 Å². The Morgan fingerprint density at radius 2 is 2.04 bits per heavy atom. The van der Waals surface area contributed by atoms with Crippen LogP contribution in [0, 0.1) is 0 Å². The number of nitrogens with zero attached hydrogens (tertiary/aromatic N) is 2. The predicted octanol–water partition coefficient (Wildman–Crippen LogP) is 2.85. The Labute approximate surface area is 149 Å². The molecule has 0 aliphatic heterocycles. The van der Waals surface area contributed by atoms with Gasteiger partial charge in [-0.05, 0) is 23.8 Å². The molecule has 0 bridgehead atoms. The molecule has 132 valence electrons. The van der Waals surface area contributed by atoms with E-state index in [0.717, 1.165) is 22.6 Å². The minimum Gasteiger partial charge on any atom is -0.497 e. The Morgan fingerprint density at radius 3 is 2.68 bits per heavy atom. The summed E-state index contributed by atoms with van der Waals surface area (Å²) < 4.78 is 37.8. The smallest absolute Gasteiger partial charge is 0.250 e. The van der Waals surface area contributed by atoms with Crippen LogP contribution in [0.25, 0.3) is 11.4 Å². The molecule has 2 aromatic heterocycles. The minimum absolute atomic E-state index is 0.196. The summed E-state index contributed by atoms with van der Waals surface area (Å²) in [6.45, 7) is 2.10. The molecule has 0 aliphatic carbocycles. The van der Waals surface area contributed by atoms with Gasteiger partial charge < -0.3 is 9.26 Å². The van der Waals surface area contributed by atoms with Crippen molar-refractivity contribution in [2.24, 2.45) is 0 Å². The van der Waals surface area contributed by atoms with E-state index in [1.165, 1.54) is 0 Å². The van der Waals surface area contributed by atoms with Gasteiger partial charge in [0.1, 0.15) is 9.96 Å². The number of rotatable bonds is 7. The molecular formula is C16H17N3O4S2. The number of aromatic nitrogens is 2. The highest BCUT2D eigenvalue weighted by molar-refractivity contribution is 7.91. The van der Waals surface area contributed by atoms with Gasteiger partial charge in [-0.2, -0.15) is 4.98 Å². The first-order valence-electron chi connectivity index (χ1n) is 7.56. The predicted molar refractivity (Wildman–Crippen MR) is 94.0 cm³/mol. The van der Waals surface area contributed by atoms with E-state index in [0.29, 0.717) is 23.7 Å². The van der Waals surface area contributed by atoms with E-state index in [2.05, 4.69) is 14.9 Å². The normalized spacial score (nSPS) is 11.6. The highest BCUT2D eigenvalue weighted by Gasteiger charge is 2.19. The number of sulfonamides is 1. The minimum atomic E-state index is -3.61. The third-order valence-corrected chi connectivity index (χ3v) is 6.34. The lowest BCUT2D eigenvalue weighted by molar-refractivity contribution is 0.383. The molecule has 3 rings (SSSR count). The van der Waals surface area contributed by atoms with Crippen molar-refractivity contribution in [3.8, 4) is 17.1 Å². The second kappa shape index (κ2) is 7.34. The first kappa shape index (κ1) is 17.6. The van der Waals surface area contributed by atoms with Gasteiger partial charge in [0.25, 0.3) is 0 Å². The molecule has 9 heteroatoms. The van der Waals surface area contributed by atoms with Crippen molar-refractivity contribution in [2.75, 3.05) is 7.11 Å². The van der Waals surface area contributed by atoms with Crippen LogP contribution in [-0.2, 0) is 23.0 Å². The van der Waals surface area contributed by atoms with Crippen molar-refractivity contribution < 1.29 is 17.7 Å². The van der Waals surface area contributed by atoms with Gasteiger partial charge in [-0.1, -0.05) is 24.2 Å². The monoisotopic (exact) mass is 379 g/mol. The van der Waals surface area contributed by atoms with Crippen LogP contribution in [0.3, 0.4) is 0 Å². The molecule has 0 unspecified atom stereocenters. The molecule has 0 fully saturated rings. The first-order chi connectivity index (χ1) is 12.0. The van der Waals surface area contributed by atoms with Gasteiger partial charge in [0.2, 0.25) is 21.7 Å². The van der Waals surface area contributed by atoms with Crippen LogP contribution < -0.4 is 9.46 Å². The van der Waals surface area contributed by atoms with Gasteiger partial charge in [-0.15, -0.1) is 11.3 Å². The van der Waals surface area contributed by atoms with Gasteiger partial charge in [-0.25, -0.2) is 13.1 Å². The van der Waals surface area contributed by atoms with Crippen LogP contribution in [0.2, 0.25) is 0 Å². The van der Waals surface area contributed by atoms with Gasteiger partial charge in [0.15, 0.2) is 0 Å². The number of ether oxygens (including phenoxy) is 1. The highest BCUT2D eigenvalue weighted by atomic mass is 32.2. The van der Waals surface area contributed by atoms with Crippen LogP contribution in [0.1, 0.15) is 18.4 Å². The summed E-state index contributed by atoms with van der Waals surface area (Å²) in [5.41, 5.74) is 1.46. The maximum Gasteiger partial charge on any atom is 0.250 e. The second-order valence-corrected chi connectivity index (χ2v) is 8.10. The maximum atomic E-state index is 12.4. The van der Waals surface area contributed by atoms with E-state index in [4.69, 9.17) is 9.26 Å². The Hall–Kier alpha value is -2.23. The maximum absolute atomic E-state index is 12.4. The Kier molecular flexibility index (Phi) is 5.16. The molecule has 0 atom stereocenters. The molecular weight excluding hydrogens is 362 g/mol. The van der Waals surface area contributed by atoms with Gasteiger partial charge >= 0.3 is 0 Å². The summed E-state index contributed by atoms with van der Waals surface area (Å²) >= 11 is 1.12. The standard InChI is InChI=1S/C16H17N3O4S2/c1-3-14-18-16(19-23-14)12-8-15(24-10-12)25(20,21)17-9-11-4-6-13(22-2)7-5-11/h4-8,10,17H,3,9H2,1-2H3. The van der Waals surface area contributed by atoms with Crippen LogP contribution >= 0.6 is 11.3 Å². The van der Waals surface area contributed by atoms with Crippen LogP contribution in [0.5, 0.6) is 5.75 Å². The highest BCUT2D eigenvalue weighted by Crippen LogP contribution is 2.27. The van der Waals surface area contributed by atoms with Gasteiger partial charge in [-0.3, -0.25) is 0 Å². The van der Waals surface area contributed by atoms with Crippen molar-refractivity contribution >= 4 is 21.4 Å². The summed E-state index contributed by atoms with van der Waals surface area (Å²) in [5.74, 6) is 1.63. The van der Waals surface area contributed by atoms with Crippen molar-refractivity contribution in [1.82, 2.24) is 14.9 Å². The quantitative estimate of drug-likeness (QED) is 0.678. The van der Waals surface area contributed by atoms with Crippen LogP contribution in [0.4, 0.5) is 0 Å². The number of methoxy groups -OCH3 is 1. The summed E-state index contributed by atoms with van der Waals surface area (Å²) in [4.78, 5) is 4.21. The zero-order chi connectivity index (χ0) is 17.9. The largest absolute Gasteiger partial charge is 0.497 e. The number of thiophene rings is 1. The van der Waals surface area contributed by atoms with E-state index in [1.54, 1.807) is 30.7 Å². The topological polar surface area (TPSA) is 94.3 Å². The SMILES string of the molecule is CCc1nc(-c2csc(S(=O)(=O)NCc3ccc(OC)cc3)c2)no1. The zero-order valence-corrected chi connectivity index (χ0v) is 15.4. The molecule has 0 saturated carbocycles. The number of aryl methyl sites for hydroxylation is 1. The molecule has 0 amide bonds. The number of hydrogen-bond acceptors (Lipinski definition) is 7. The zero-order valence-electron chi connectivity index (χ0n) is 13.7. The van der Waals surface area contributed by atoms with Crippen LogP contribution in [-0.4, -0.2) is 25.7 Å². The van der Waals surface area contributed by atoms with Crippen molar-refractivity contribution in [1.29, 1.82) is 0 Å². The van der Waals surface area contributed by atoms with Gasteiger partial charge in [0.05, 0.1) is 7.11 Å². The third kappa shape index (κ3) is 4.06. The fourth-order valence-electron chi connectivity index (χ4n) is 2.08. The number of nitrogens with one attached hydrogen (secondary N) is 1. The average molecular weight is 379 g/mol. The average Bonchev–Trinajstić information content (AvgIpc) is 3.29. The number of hydrogen-bond donors (Lipinski definition) is 1. The van der Waals surface area contributed by atoms with Crippen molar-refractivity contribution in [2.45, 2.75) is 24.1 Å².